The third kappa shape index (κ3) is 6.50. The van der Waals surface area contributed by atoms with Crippen molar-refractivity contribution in [3.8, 4) is 0 Å². The van der Waals surface area contributed by atoms with E-state index >= 15 is 0 Å². The first-order chi connectivity index (χ1) is 11.9. The minimum atomic E-state index is -0.405. The van der Waals surface area contributed by atoms with Gasteiger partial charge in [0.1, 0.15) is 12.7 Å². The van der Waals surface area contributed by atoms with Gasteiger partial charge in [-0.05, 0) is 6.07 Å². The summed E-state index contributed by atoms with van der Waals surface area (Å²) >= 11 is 0. The highest BCUT2D eigenvalue weighted by Gasteiger charge is 2.21. The summed E-state index contributed by atoms with van der Waals surface area (Å²) in [6.07, 6.45) is 7.85. The Hall–Kier alpha value is -3.10. The van der Waals surface area contributed by atoms with Gasteiger partial charge in [0.05, 0.1) is 18.5 Å². The lowest BCUT2D eigenvalue weighted by Crippen LogP contribution is -2.27. The maximum absolute atomic E-state index is 11.7. The maximum Gasteiger partial charge on any atom is 0.280 e. The molecule has 0 saturated heterocycles. The SMILES string of the molecule is CC(C)(C)/C(Cn1cncn1)=N/OCC(=O)N/N=C/c1cccnc1. The van der Waals surface area contributed by atoms with Gasteiger partial charge >= 0.3 is 0 Å². The fourth-order valence-corrected chi connectivity index (χ4v) is 1.70. The predicted molar refractivity (Wildman–Crippen MR) is 92.8 cm³/mol. The summed E-state index contributed by atoms with van der Waals surface area (Å²) in [5.41, 5.74) is 3.66. The number of nitrogens with one attached hydrogen (secondary N) is 1. The van der Waals surface area contributed by atoms with Crippen LogP contribution < -0.4 is 5.43 Å². The molecular formula is C16H21N7O2. The number of carbonyl (C=O) groups is 1. The molecule has 0 aromatic carbocycles. The molecule has 2 aromatic heterocycles. The third-order valence-electron chi connectivity index (χ3n) is 3.10. The first kappa shape index (κ1) is 18.2. The van der Waals surface area contributed by atoms with E-state index < -0.39 is 5.91 Å². The Labute approximate surface area is 145 Å². The molecule has 0 aliphatic heterocycles. The standard InChI is InChI=1S/C16H21N7O2/c1-16(2,3)14(9-23-12-18-11-20-23)22-25-10-15(24)21-19-8-13-5-4-6-17-7-13/h4-8,11-12H,9-10H2,1-3H3,(H,21,24)/b19-8+,22-14+. The van der Waals surface area contributed by atoms with Crippen molar-refractivity contribution in [3.05, 3.63) is 42.7 Å². The molecule has 0 atom stereocenters. The smallest absolute Gasteiger partial charge is 0.280 e. The number of nitrogens with zero attached hydrogens (tertiary/aromatic N) is 6. The fourth-order valence-electron chi connectivity index (χ4n) is 1.70. The Morgan fingerprint density at radius 2 is 2.24 bits per heavy atom. The molecule has 0 saturated carbocycles. The summed E-state index contributed by atoms with van der Waals surface area (Å²) in [4.78, 5) is 24.7. The first-order valence-corrected chi connectivity index (χ1v) is 7.69. The highest BCUT2D eigenvalue weighted by atomic mass is 16.6. The lowest BCUT2D eigenvalue weighted by molar-refractivity contribution is -0.125. The molecule has 1 N–H and O–H groups in total. The molecule has 0 fully saturated rings. The Morgan fingerprint density at radius 1 is 1.40 bits per heavy atom. The maximum atomic E-state index is 11.7. The van der Waals surface area contributed by atoms with Crippen molar-refractivity contribution in [2.75, 3.05) is 6.61 Å². The number of hydrogen-bond acceptors (Lipinski definition) is 7. The molecule has 0 spiro atoms. The average molecular weight is 343 g/mol. The monoisotopic (exact) mass is 343 g/mol. The first-order valence-electron chi connectivity index (χ1n) is 7.69. The van der Waals surface area contributed by atoms with Gasteiger partial charge in [-0.1, -0.05) is 32.0 Å². The molecule has 0 bridgehead atoms. The quantitative estimate of drug-likeness (QED) is 0.601. The highest BCUT2D eigenvalue weighted by molar-refractivity contribution is 5.88. The summed E-state index contributed by atoms with van der Waals surface area (Å²) in [7, 11) is 0. The van der Waals surface area contributed by atoms with Crippen LogP contribution in [-0.4, -0.2) is 44.2 Å². The molecule has 0 radical (unpaired) electrons. The molecule has 0 aliphatic carbocycles. The zero-order chi connectivity index (χ0) is 18.1. The summed E-state index contributed by atoms with van der Waals surface area (Å²) in [6, 6.07) is 3.60. The van der Waals surface area contributed by atoms with Gasteiger partial charge in [-0.15, -0.1) is 0 Å². The normalized spacial score (nSPS) is 12.4. The van der Waals surface area contributed by atoms with Crippen LogP contribution in [0, 0.1) is 5.41 Å². The minimum Gasteiger partial charge on any atom is -0.386 e. The number of oxime groups is 1. The Bertz CT molecular complexity index is 719. The molecule has 2 heterocycles. The van der Waals surface area contributed by atoms with E-state index in [2.05, 4.69) is 30.7 Å². The van der Waals surface area contributed by atoms with Crippen LogP contribution in [0.4, 0.5) is 0 Å². The zero-order valence-electron chi connectivity index (χ0n) is 14.5. The van der Waals surface area contributed by atoms with Gasteiger partial charge in [0, 0.05) is 23.4 Å². The number of pyridine rings is 1. The number of hydrazone groups is 1. The van der Waals surface area contributed by atoms with Crippen molar-refractivity contribution in [2.45, 2.75) is 27.3 Å². The van der Waals surface area contributed by atoms with Gasteiger partial charge in [-0.3, -0.25) is 9.78 Å². The van der Waals surface area contributed by atoms with Crippen LogP contribution in [-0.2, 0) is 16.2 Å². The van der Waals surface area contributed by atoms with E-state index in [0.717, 1.165) is 11.3 Å². The predicted octanol–water partition coefficient (Wildman–Crippen LogP) is 1.24. The van der Waals surface area contributed by atoms with Gasteiger partial charge in [-0.25, -0.2) is 15.1 Å². The Balaban J connectivity index is 1.84. The van der Waals surface area contributed by atoms with Gasteiger partial charge in [0.15, 0.2) is 6.61 Å². The molecule has 9 nitrogen and oxygen atoms in total. The summed E-state index contributed by atoms with van der Waals surface area (Å²) in [5.74, 6) is -0.405. The van der Waals surface area contributed by atoms with E-state index in [4.69, 9.17) is 4.84 Å². The molecule has 0 unspecified atom stereocenters. The summed E-state index contributed by atoms with van der Waals surface area (Å²) < 4.78 is 1.64. The van der Waals surface area contributed by atoms with Gasteiger partial charge < -0.3 is 4.84 Å². The largest absolute Gasteiger partial charge is 0.386 e. The van der Waals surface area contributed by atoms with E-state index in [1.807, 2.05) is 26.8 Å². The van der Waals surface area contributed by atoms with Crippen molar-refractivity contribution in [1.82, 2.24) is 25.2 Å². The average Bonchev–Trinajstić information content (AvgIpc) is 3.07. The second-order valence-electron chi connectivity index (χ2n) is 6.23. The van der Waals surface area contributed by atoms with Crippen molar-refractivity contribution in [1.29, 1.82) is 0 Å². The van der Waals surface area contributed by atoms with E-state index in [9.17, 15) is 4.79 Å². The lowest BCUT2D eigenvalue weighted by Gasteiger charge is -2.20. The number of rotatable bonds is 7. The lowest BCUT2D eigenvalue weighted by atomic mass is 9.90. The fraction of sp³-hybridized carbons (Fsp3) is 0.375. The third-order valence-corrected chi connectivity index (χ3v) is 3.10. The van der Waals surface area contributed by atoms with Crippen LogP contribution in [0.5, 0.6) is 0 Å². The zero-order valence-corrected chi connectivity index (χ0v) is 14.5. The van der Waals surface area contributed by atoms with Crippen LogP contribution in [0.25, 0.3) is 0 Å². The molecule has 2 rings (SSSR count). The summed E-state index contributed by atoms with van der Waals surface area (Å²) in [6.45, 7) is 6.21. The van der Waals surface area contributed by atoms with E-state index in [0.29, 0.717) is 6.54 Å². The Kier molecular flexibility index (Phi) is 6.33. The second-order valence-corrected chi connectivity index (χ2v) is 6.23. The number of aromatic nitrogens is 4. The number of hydrogen-bond donors (Lipinski definition) is 1. The van der Waals surface area contributed by atoms with Crippen LogP contribution in [0.15, 0.2) is 47.4 Å². The molecule has 2 aromatic rings. The molecule has 25 heavy (non-hydrogen) atoms. The van der Waals surface area contributed by atoms with Gasteiger partial charge in [-0.2, -0.15) is 10.2 Å². The van der Waals surface area contributed by atoms with Crippen molar-refractivity contribution >= 4 is 17.8 Å². The van der Waals surface area contributed by atoms with Crippen molar-refractivity contribution in [2.24, 2.45) is 15.7 Å². The van der Waals surface area contributed by atoms with E-state index in [1.54, 1.807) is 29.5 Å². The highest BCUT2D eigenvalue weighted by Crippen LogP contribution is 2.17. The topological polar surface area (TPSA) is 107 Å². The summed E-state index contributed by atoms with van der Waals surface area (Å²) in [5, 5.41) is 12.0. The number of carbonyl (C=O) groups excluding carboxylic acids is 1. The van der Waals surface area contributed by atoms with E-state index in [-0.39, 0.29) is 12.0 Å². The van der Waals surface area contributed by atoms with Crippen LogP contribution >= 0.6 is 0 Å². The van der Waals surface area contributed by atoms with Crippen molar-refractivity contribution in [3.63, 3.8) is 0 Å². The molecule has 0 aliphatic rings. The number of amides is 1. The minimum absolute atomic E-state index is 0.235. The Morgan fingerprint density at radius 3 is 2.88 bits per heavy atom. The van der Waals surface area contributed by atoms with Crippen LogP contribution in [0.3, 0.4) is 0 Å². The van der Waals surface area contributed by atoms with Gasteiger partial charge in [0.2, 0.25) is 0 Å². The van der Waals surface area contributed by atoms with Crippen LogP contribution in [0.1, 0.15) is 26.3 Å². The van der Waals surface area contributed by atoms with Gasteiger partial charge in [0.25, 0.3) is 5.91 Å². The van der Waals surface area contributed by atoms with E-state index in [1.165, 1.54) is 12.5 Å². The molecular weight excluding hydrogens is 322 g/mol. The van der Waals surface area contributed by atoms with Crippen molar-refractivity contribution < 1.29 is 9.63 Å². The van der Waals surface area contributed by atoms with Crippen LogP contribution in [0.2, 0.25) is 0 Å². The molecule has 1 amide bonds. The molecule has 132 valence electrons. The second kappa shape index (κ2) is 8.67. The molecule has 9 heteroatoms.